The molecule has 0 heterocycles. The molecule has 2 rings (SSSR count). The Balaban J connectivity index is 1.99. The molecule has 1 N–H and O–H groups in total. The molecule has 0 bridgehead atoms. The molecule has 2 aromatic rings. The standard InChI is InChI=1S/C13H11NO4S/c15-12-7-6-10(14(16)17)8-13(12)18-9-19-11-4-2-1-3-5-11/h1-8,15H,9H2. The third-order valence-corrected chi connectivity index (χ3v) is 3.18. The van der Waals surface area contributed by atoms with E-state index in [0.717, 1.165) is 4.90 Å². The Morgan fingerprint density at radius 2 is 1.95 bits per heavy atom. The van der Waals surface area contributed by atoms with E-state index < -0.39 is 4.92 Å². The Labute approximate surface area is 114 Å². The van der Waals surface area contributed by atoms with Crippen LogP contribution in [0.15, 0.2) is 53.4 Å². The minimum Gasteiger partial charge on any atom is -0.504 e. The summed E-state index contributed by atoms with van der Waals surface area (Å²) in [6.07, 6.45) is 0. The quantitative estimate of drug-likeness (QED) is 0.392. The number of ether oxygens (including phenoxy) is 1. The van der Waals surface area contributed by atoms with E-state index in [4.69, 9.17) is 4.74 Å². The molecule has 5 nitrogen and oxygen atoms in total. The smallest absolute Gasteiger partial charge is 0.273 e. The molecule has 0 radical (unpaired) electrons. The highest BCUT2D eigenvalue weighted by Crippen LogP contribution is 2.31. The highest BCUT2D eigenvalue weighted by atomic mass is 32.2. The number of thioether (sulfide) groups is 1. The van der Waals surface area contributed by atoms with Gasteiger partial charge in [-0.2, -0.15) is 0 Å². The van der Waals surface area contributed by atoms with Crippen molar-refractivity contribution in [3.63, 3.8) is 0 Å². The van der Waals surface area contributed by atoms with E-state index in [1.54, 1.807) is 0 Å². The molecule has 0 saturated heterocycles. The van der Waals surface area contributed by atoms with Crippen LogP contribution < -0.4 is 4.74 Å². The van der Waals surface area contributed by atoms with E-state index in [1.165, 1.54) is 30.0 Å². The molecule has 98 valence electrons. The second-order valence-electron chi connectivity index (χ2n) is 3.63. The van der Waals surface area contributed by atoms with Crippen LogP contribution in [0.3, 0.4) is 0 Å². The molecule has 0 aliphatic rings. The van der Waals surface area contributed by atoms with Crippen molar-refractivity contribution in [1.29, 1.82) is 0 Å². The molecule has 0 atom stereocenters. The fourth-order valence-corrected chi connectivity index (χ4v) is 2.08. The Morgan fingerprint density at radius 3 is 2.63 bits per heavy atom. The summed E-state index contributed by atoms with van der Waals surface area (Å²) in [4.78, 5) is 11.1. The van der Waals surface area contributed by atoms with Gasteiger partial charge >= 0.3 is 0 Å². The Bertz CT molecular complexity index is 574. The minimum absolute atomic E-state index is 0.109. The topological polar surface area (TPSA) is 72.6 Å². The summed E-state index contributed by atoms with van der Waals surface area (Å²) in [6.45, 7) is 0. The maximum Gasteiger partial charge on any atom is 0.273 e. The van der Waals surface area contributed by atoms with Gasteiger partial charge in [0.25, 0.3) is 5.69 Å². The molecule has 0 aliphatic heterocycles. The lowest BCUT2D eigenvalue weighted by molar-refractivity contribution is -0.385. The summed E-state index contributed by atoms with van der Waals surface area (Å²) < 4.78 is 5.34. The van der Waals surface area contributed by atoms with E-state index in [2.05, 4.69) is 0 Å². The second-order valence-corrected chi connectivity index (χ2v) is 4.62. The van der Waals surface area contributed by atoms with Crippen molar-refractivity contribution in [1.82, 2.24) is 0 Å². The summed E-state index contributed by atoms with van der Waals surface area (Å²) in [6, 6.07) is 13.3. The Morgan fingerprint density at radius 1 is 1.21 bits per heavy atom. The molecule has 19 heavy (non-hydrogen) atoms. The van der Waals surface area contributed by atoms with Crippen molar-refractivity contribution in [3.8, 4) is 11.5 Å². The van der Waals surface area contributed by atoms with Crippen molar-refractivity contribution >= 4 is 17.4 Å². The van der Waals surface area contributed by atoms with Gasteiger partial charge in [0, 0.05) is 11.0 Å². The SMILES string of the molecule is O=[N+]([O-])c1ccc(O)c(OCSc2ccccc2)c1. The number of rotatable bonds is 5. The zero-order chi connectivity index (χ0) is 13.7. The van der Waals surface area contributed by atoms with Gasteiger partial charge in [-0.25, -0.2) is 0 Å². The van der Waals surface area contributed by atoms with Crippen LogP contribution in [0.25, 0.3) is 0 Å². The lowest BCUT2D eigenvalue weighted by Crippen LogP contribution is -1.95. The maximum absolute atomic E-state index is 10.6. The lowest BCUT2D eigenvalue weighted by atomic mass is 10.3. The van der Waals surface area contributed by atoms with Gasteiger partial charge in [-0.05, 0) is 18.2 Å². The molecule has 0 saturated carbocycles. The summed E-state index contributed by atoms with van der Waals surface area (Å²) in [5.74, 6) is 0.260. The molecule has 0 spiro atoms. The number of nitro benzene ring substituents is 1. The van der Waals surface area contributed by atoms with Gasteiger partial charge in [0.1, 0.15) is 5.94 Å². The van der Waals surface area contributed by atoms with Crippen LogP contribution in [0.1, 0.15) is 0 Å². The van der Waals surface area contributed by atoms with Crippen molar-refractivity contribution in [2.24, 2.45) is 0 Å². The number of non-ortho nitro benzene ring substituents is 1. The normalized spacial score (nSPS) is 10.1. The number of hydrogen-bond acceptors (Lipinski definition) is 5. The fraction of sp³-hybridized carbons (Fsp3) is 0.0769. The van der Waals surface area contributed by atoms with Gasteiger partial charge in [-0.3, -0.25) is 10.1 Å². The second kappa shape index (κ2) is 6.10. The first-order valence-electron chi connectivity index (χ1n) is 5.45. The Hall–Kier alpha value is -2.21. The van der Waals surface area contributed by atoms with Crippen LogP contribution in [0.2, 0.25) is 0 Å². The summed E-state index contributed by atoms with van der Waals surface area (Å²) in [5, 5.41) is 20.2. The molecule has 0 aromatic heterocycles. The molecule has 2 aromatic carbocycles. The van der Waals surface area contributed by atoms with Gasteiger partial charge in [0.2, 0.25) is 0 Å². The largest absolute Gasteiger partial charge is 0.504 e. The van der Waals surface area contributed by atoms with E-state index >= 15 is 0 Å². The van der Waals surface area contributed by atoms with Crippen LogP contribution in [0.5, 0.6) is 11.5 Å². The van der Waals surface area contributed by atoms with Crippen LogP contribution in [-0.4, -0.2) is 16.0 Å². The fourth-order valence-electron chi connectivity index (χ4n) is 1.41. The highest BCUT2D eigenvalue weighted by Gasteiger charge is 2.11. The van der Waals surface area contributed by atoms with E-state index in [1.807, 2.05) is 30.3 Å². The molecular formula is C13H11NO4S. The number of phenolic OH excluding ortho intramolecular Hbond substituents is 1. The molecular weight excluding hydrogens is 266 g/mol. The maximum atomic E-state index is 10.6. The minimum atomic E-state index is -0.531. The average molecular weight is 277 g/mol. The number of hydrogen-bond donors (Lipinski definition) is 1. The van der Waals surface area contributed by atoms with Gasteiger partial charge in [-0.15, -0.1) is 0 Å². The first-order valence-corrected chi connectivity index (χ1v) is 6.43. The van der Waals surface area contributed by atoms with Crippen molar-refractivity contribution in [2.45, 2.75) is 4.90 Å². The third kappa shape index (κ3) is 3.62. The van der Waals surface area contributed by atoms with E-state index in [0.29, 0.717) is 0 Å². The van der Waals surface area contributed by atoms with Gasteiger partial charge in [0.15, 0.2) is 11.5 Å². The predicted molar refractivity (Wildman–Crippen MR) is 72.6 cm³/mol. The van der Waals surface area contributed by atoms with Crippen LogP contribution in [0.4, 0.5) is 5.69 Å². The third-order valence-electron chi connectivity index (χ3n) is 2.34. The van der Waals surface area contributed by atoms with Crippen molar-refractivity contribution in [3.05, 3.63) is 58.6 Å². The lowest BCUT2D eigenvalue weighted by Gasteiger charge is -2.07. The summed E-state index contributed by atoms with van der Waals surface area (Å²) in [5.41, 5.74) is -0.113. The number of aromatic hydroxyl groups is 1. The van der Waals surface area contributed by atoms with Crippen LogP contribution >= 0.6 is 11.8 Å². The van der Waals surface area contributed by atoms with Crippen LogP contribution in [0, 0.1) is 10.1 Å². The van der Waals surface area contributed by atoms with Crippen molar-refractivity contribution < 1.29 is 14.8 Å². The van der Waals surface area contributed by atoms with Gasteiger partial charge in [-0.1, -0.05) is 30.0 Å². The molecule has 0 unspecified atom stereocenters. The van der Waals surface area contributed by atoms with E-state index in [9.17, 15) is 15.2 Å². The Kier molecular flexibility index (Phi) is 4.25. The highest BCUT2D eigenvalue weighted by molar-refractivity contribution is 7.99. The molecule has 6 heteroatoms. The molecule has 0 amide bonds. The number of benzene rings is 2. The van der Waals surface area contributed by atoms with Gasteiger partial charge < -0.3 is 9.84 Å². The number of nitrogens with zero attached hydrogens (tertiary/aromatic N) is 1. The first-order chi connectivity index (χ1) is 9.16. The summed E-state index contributed by atoms with van der Waals surface area (Å²) in [7, 11) is 0. The monoisotopic (exact) mass is 277 g/mol. The van der Waals surface area contributed by atoms with Crippen LogP contribution in [-0.2, 0) is 0 Å². The zero-order valence-corrected chi connectivity index (χ0v) is 10.7. The summed E-state index contributed by atoms with van der Waals surface area (Å²) >= 11 is 1.44. The number of phenols is 1. The average Bonchev–Trinajstić information content (AvgIpc) is 2.42. The predicted octanol–water partition coefficient (Wildman–Crippen LogP) is 3.43. The zero-order valence-electron chi connectivity index (χ0n) is 9.85. The number of nitro groups is 1. The molecule has 0 fully saturated rings. The van der Waals surface area contributed by atoms with Gasteiger partial charge in [0.05, 0.1) is 11.0 Å². The van der Waals surface area contributed by atoms with E-state index in [-0.39, 0.29) is 23.1 Å². The first kappa shape index (κ1) is 13.2. The molecule has 0 aliphatic carbocycles. The van der Waals surface area contributed by atoms with Crippen molar-refractivity contribution in [2.75, 3.05) is 5.94 Å².